The number of carbonyl (C=O) groups excluding carboxylic acids is 1. The predicted molar refractivity (Wildman–Crippen MR) is 62.3 cm³/mol. The van der Waals surface area contributed by atoms with Gasteiger partial charge in [-0.25, -0.2) is 0 Å². The lowest BCUT2D eigenvalue weighted by molar-refractivity contribution is -0.384. The van der Waals surface area contributed by atoms with E-state index in [9.17, 15) is 14.9 Å². The summed E-state index contributed by atoms with van der Waals surface area (Å²) < 4.78 is 4.56. The van der Waals surface area contributed by atoms with E-state index >= 15 is 0 Å². The quantitative estimate of drug-likeness (QED) is 0.517. The second-order valence-corrected chi connectivity index (χ2v) is 3.42. The number of amides is 1. The fourth-order valence-corrected chi connectivity index (χ4v) is 1.25. The molecule has 1 aromatic heterocycles. The third kappa shape index (κ3) is 2.80. The number of carbonyl (C=O) groups is 1. The molecule has 96 valence electrons. The second kappa shape index (κ2) is 5.08. The number of aromatic hydroxyl groups is 1. The lowest BCUT2D eigenvalue weighted by Crippen LogP contribution is -1.94. The molecule has 19 heavy (non-hydrogen) atoms. The zero-order valence-corrected chi connectivity index (χ0v) is 9.39. The van der Waals surface area contributed by atoms with Gasteiger partial charge in [0.1, 0.15) is 0 Å². The van der Waals surface area contributed by atoms with Crippen LogP contribution >= 0.6 is 0 Å². The van der Waals surface area contributed by atoms with E-state index in [-0.39, 0.29) is 16.9 Å². The highest BCUT2D eigenvalue weighted by Gasteiger charge is 2.09. The van der Waals surface area contributed by atoms with Crippen LogP contribution in [0.2, 0.25) is 0 Å². The maximum Gasteiger partial charge on any atom is 0.310 e. The van der Waals surface area contributed by atoms with Crippen LogP contribution in [0.25, 0.3) is 0 Å². The van der Waals surface area contributed by atoms with Gasteiger partial charge in [0.25, 0.3) is 11.6 Å². The minimum atomic E-state index is -0.685. The van der Waals surface area contributed by atoms with Crippen molar-refractivity contribution in [2.45, 2.75) is 0 Å². The van der Waals surface area contributed by atoms with Crippen LogP contribution < -0.4 is 0 Å². The average molecular weight is 261 g/mol. The molecule has 0 spiro atoms. The summed E-state index contributed by atoms with van der Waals surface area (Å²) in [5.74, 6) is -1.13. The minimum Gasteiger partial charge on any atom is -0.479 e. The van der Waals surface area contributed by atoms with Gasteiger partial charge in [-0.1, -0.05) is 0 Å². The van der Waals surface area contributed by atoms with Crippen molar-refractivity contribution < 1.29 is 19.2 Å². The SMILES string of the molecule is O=C(N=Nc1ccoc1O)c1ccc([N+](=O)[O-])cc1. The Morgan fingerprint density at radius 2 is 1.95 bits per heavy atom. The lowest BCUT2D eigenvalue weighted by Gasteiger charge is -1.94. The number of nitro benzene ring substituents is 1. The summed E-state index contributed by atoms with van der Waals surface area (Å²) in [5, 5.41) is 26.4. The van der Waals surface area contributed by atoms with Crippen LogP contribution in [0.3, 0.4) is 0 Å². The molecule has 1 amide bonds. The van der Waals surface area contributed by atoms with E-state index in [1.807, 2.05) is 0 Å². The summed E-state index contributed by atoms with van der Waals surface area (Å²) in [6, 6.07) is 6.27. The number of hydrogen-bond donors (Lipinski definition) is 1. The van der Waals surface area contributed by atoms with Crippen LogP contribution in [-0.4, -0.2) is 15.9 Å². The normalized spacial score (nSPS) is 10.7. The van der Waals surface area contributed by atoms with Crippen molar-refractivity contribution >= 4 is 17.3 Å². The van der Waals surface area contributed by atoms with E-state index in [0.717, 1.165) is 0 Å². The molecule has 0 fully saturated rings. The Hall–Kier alpha value is -3.03. The molecule has 0 saturated carbocycles. The minimum absolute atomic E-state index is 0.0234. The monoisotopic (exact) mass is 261 g/mol. The molecular formula is C11H7N3O5. The van der Waals surface area contributed by atoms with Gasteiger partial charge in [-0.3, -0.25) is 14.9 Å². The highest BCUT2D eigenvalue weighted by molar-refractivity contribution is 5.94. The molecule has 8 heteroatoms. The number of nitro groups is 1. The summed E-state index contributed by atoms with van der Waals surface area (Å²) in [7, 11) is 0. The van der Waals surface area contributed by atoms with Gasteiger partial charge in [-0.2, -0.15) is 0 Å². The van der Waals surface area contributed by atoms with Crippen LogP contribution in [0.4, 0.5) is 11.4 Å². The highest BCUT2D eigenvalue weighted by Crippen LogP contribution is 2.27. The van der Waals surface area contributed by atoms with Crippen LogP contribution in [0.5, 0.6) is 5.95 Å². The molecule has 1 N–H and O–H groups in total. The first-order chi connectivity index (χ1) is 9.08. The smallest absolute Gasteiger partial charge is 0.310 e. The van der Waals surface area contributed by atoms with Crippen molar-refractivity contribution in [2.75, 3.05) is 0 Å². The Morgan fingerprint density at radius 3 is 2.47 bits per heavy atom. The molecule has 0 bridgehead atoms. The van der Waals surface area contributed by atoms with E-state index < -0.39 is 16.8 Å². The van der Waals surface area contributed by atoms with Crippen molar-refractivity contribution in [3.63, 3.8) is 0 Å². The van der Waals surface area contributed by atoms with E-state index in [2.05, 4.69) is 14.6 Å². The average Bonchev–Trinajstić information content (AvgIpc) is 2.81. The molecular weight excluding hydrogens is 254 g/mol. The summed E-state index contributed by atoms with van der Waals surface area (Å²) in [6.07, 6.45) is 1.19. The summed E-state index contributed by atoms with van der Waals surface area (Å²) in [6.45, 7) is 0. The largest absolute Gasteiger partial charge is 0.479 e. The summed E-state index contributed by atoms with van der Waals surface area (Å²) in [5.41, 5.74) is 0.0496. The standard InChI is InChI=1S/C11H7N3O5/c15-10(13-12-9-5-6-19-11(9)16)7-1-3-8(4-2-7)14(17)18/h1-6,16H. The molecule has 8 nitrogen and oxygen atoms in total. The number of rotatable bonds is 3. The van der Waals surface area contributed by atoms with E-state index in [0.29, 0.717) is 0 Å². The molecule has 0 radical (unpaired) electrons. The number of nitrogens with zero attached hydrogens (tertiary/aromatic N) is 3. The molecule has 0 aliphatic heterocycles. The van der Waals surface area contributed by atoms with Gasteiger partial charge in [0.15, 0.2) is 5.69 Å². The third-order valence-corrected chi connectivity index (χ3v) is 2.20. The summed E-state index contributed by atoms with van der Waals surface area (Å²) >= 11 is 0. The number of azo groups is 1. The Bertz CT molecular complexity index is 645. The van der Waals surface area contributed by atoms with Gasteiger partial charge in [0.05, 0.1) is 11.2 Å². The Kier molecular flexibility index (Phi) is 3.33. The van der Waals surface area contributed by atoms with E-state index in [1.54, 1.807) is 0 Å². The summed E-state index contributed by atoms with van der Waals surface area (Å²) in [4.78, 5) is 21.5. The van der Waals surface area contributed by atoms with E-state index in [4.69, 9.17) is 5.11 Å². The molecule has 0 aliphatic carbocycles. The maximum atomic E-state index is 11.6. The van der Waals surface area contributed by atoms with Crippen molar-refractivity contribution in [3.05, 3.63) is 52.3 Å². The van der Waals surface area contributed by atoms with Crippen LogP contribution in [0.1, 0.15) is 10.4 Å². The third-order valence-electron chi connectivity index (χ3n) is 2.20. The van der Waals surface area contributed by atoms with E-state index in [1.165, 1.54) is 36.6 Å². The van der Waals surface area contributed by atoms with Crippen molar-refractivity contribution in [1.29, 1.82) is 0 Å². The van der Waals surface area contributed by atoms with Crippen LogP contribution in [0, 0.1) is 10.1 Å². The van der Waals surface area contributed by atoms with Gasteiger partial charge in [-0.05, 0) is 12.1 Å². The molecule has 0 aliphatic rings. The predicted octanol–water partition coefficient (Wildman–Crippen LogP) is 2.82. The van der Waals surface area contributed by atoms with Crippen molar-refractivity contribution in [2.24, 2.45) is 10.2 Å². The van der Waals surface area contributed by atoms with Gasteiger partial charge >= 0.3 is 5.95 Å². The lowest BCUT2D eigenvalue weighted by atomic mass is 10.2. The van der Waals surface area contributed by atoms with Gasteiger partial charge in [0, 0.05) is 23.8 Å². The number of furan rings is 1. The Labute approximate surface area is 106 Å². The fourth-order valence-electron chi connectivity index (χ4n) is 1.25. The number of non-ortho nitro benzene ring substituents is 1. The molecule has 1 aromatic carbocycles. The molecule has 2 rings (SSSR count). The molecule has 1 heterocycles. The number of benzene rings is 1. The molecule has 0 atom stereocenters. The molecule has 2 aromatic rings. The first kappa shape index (κ1) is 12.4. The van der Waals surface area contributed by atoms with Gasteiger partial charge in [0.2, 0.25) is 0 Å². The van der Waals surface area contributed by atoms with Crippen molar-refractivity contribution in [1.82, 2.24) is 0 Å². The first-order valence-corrected chi connectivity index (χ1v) is 5.05. The van der Waals surface area contributed by atoms with Crippen LogP contribution in [0.15, 0.2) is 51.2 Å². The Morgan fingerprint density at radius 1 is 1.26 bits per heavy atom. The van der Waals surface area contributed by atoms with Crippen LogP contribution in [-0.2, 0) is 0 Å². The zero-order valence-electron chi connectivity index (χ0n) is 9.39. The van der Waals surface area contributed by atoms with Gasteiger partial charge < -0.3 is 9.52 Å². The number of hydrogen-bond acceptors (Lipinski definition) is 6. The topological polar surface area (TPSA) is 118 Å². The van der Waals surface area contributed by atoms with Gasteiger partial charge in [-0.15, -0.1) is 10.2 Å². The zero-order chi connectivity index (χ0) is 13.8. The molecule has 0 saturated heterocycles. The highest BCUT2D eigenvalue weighted by atomic mass is 16.6. The van der Waals surface area contributed by atoms with Crippen molar-refractivity contribution in [3.8, 4) is 5.95 Å². The second-order valence-electron chi connectivity index (χ2n) is 3.42. The fraction of sp³-hybridized carbons (Fsp3) is 0. The Balaban J connectivity index is 2.14. The molecule has 0 unspecified atom stereocenters. The maximum absolute atomic E-state index is 11.6. The first-order valence-electron chi connectivity index (χ1n) is 5.05.